The number of rotatable bonds is 6. The fraction of sp³-hybridized carbons (Fsp3) is 0.143. The van der Waals surface area contributed by atoms with Gasteiger partial charge in [0, 0.05) is 5.02 Å². The molecule has 0 heterocycles. The molecular formula is C21H19ClO. The Kier molecular flexibility index (Phi) is 5.46. The van der Waals surface area contributed by atoms with Crippen molar-refractivity contribution in [2.24, 2.45) is 0 Å². The predicted molar refractivity (Wildman–Crippen MR) is 96.7 cm³/mol. The molecule has 0 amide bonds. The molecule has 0 aliphatic rings. The van der Waals surface area contributed by atoms with Crippen molar-refractivity contribution in [1.29, 1.82) is 0 Å². The summed E-state index contributed by atoms with van der Waals surface area (Å²) in [4.78, 5) is 0. The molecule has 0 saturated heterocycles. The van der Waals surface area contributed by atoms with E-state index in [4.69, 9.17) is 16.3 Å². The zero-order valence-electron chi connectivity index (χ0n) is 12.9. The van der Waals surface area contributed by atoms with Gasteiger partial charge in [0.2, 0.25) is 0 Å². The molecule has 0 aromatic heterocycles. The summed E-state index contributed by atoms with van der Waals surface area (Å²) in [6, 6.07) is 26.9. The van der Waals surface area contributed by atoms with Gasteiger partial charge < -0.3 is 4.74 Å². The minimum atomic E-state index is 0.621. The molecule has 0 spiro atoms. The van der Waals surface area contributed by atoms with Crippen molar-refractivity contribution in [2.75, 3.05) is 6.61 Å². The lowest BCUT2D eigenvalue weighted by Gasteiger charge is -2.07. The van der Waals surface area contributed by atoms with Crippen molar-refractivity contribution in [3.8, 4) is 11.1 Å². The average Bonchev–Trinajstić information content (AvgIpc) is 2.61. The van der Waals surface area contributed by atoms with Gasteiger partial charge in [-0.2, -0.15) is 0 Å². The molecule has 0 atom stereocenters. The molecule has 0 aliphatic heterocycles. The Labute approximate surface area is 142 Å². The van der Waals surface area contributed by atoms with E-state index < -0.39 is 0 Å². The van der Waals surface area contributed by atoms with Crippen LogP contribution in [-0.2, 0) is 17.8 Å². The summed E-state index contributed by atoms with van der Waals surface area (Å²) in [5.41, 5.74) is 4.94. The molecule has 0 saturated carbocycles. The third-order valence-electron chi connectivity index (χ3n) is 3.75. The maximum atomic E-state index is 5.88. The lowest BCUT2D eigenvalue weighted by molar-refractivity contribution is 0.124. The average molecular weight is 323 g/mol. The molecule has 0 aliphatic carbocycles. The zero-order valence-corrected chi connectivity index (χ0v) is 13.7. The maximum absolute atomic E-state index is 5.88. The van der Waals surface area contributed by atoms with Gasteiger partial charge in [0.1, 0.15) is 0 Å². The molecule has 3 rings (SSSR count). The lowest BCUT2D eigenvalue weighted by atomic mass is 10.0. The summed E-state index contributed by atoms with van der Waals surface area (Å²) < 4.78 is 5.77. The monoisotopic (exact) mass is 322 g/mol. The van der Waals surface area contributed by atoms with Gasteiger partial charge in [-0.05, 0) is 40.8 Å². The Balaban J connectivity index is 1.53. The van der Waals surface area contributed by atoms with Crippen LogP contribution in [0.3, 0.4) is 0 Å². The number of halogens is 1. The topological polar surface area (TPSA) is 9.23 Å². The van der Waals surface area contributed by atoms with Crippen LogP contribution in [-0.4, -0.2) is 6.61 Å². The second kappa shape index (κ2) is 7.96. The fourth-order valence-electron chi connectivity index (χ4n) is 2.50. The maximum Gasteiger partial charge on any atom is 0.0717 e. The molecule has 3 aromatic rings. The Morgan fingerprint density at radius 1 is 0.696 bits per heavy atom. The van der Waals surface area contributed by atoms with Crippen molar-refractivity contribution in [1.82, 2.24) is 0 Å². The van der Waals surface area contributed by atoms with Crippen LogP contribution in [0.15, 0.2) is 78.9 Å². The van der Waals surface area contributed by atoms with Crippen LogP contribution in [0.4, 0.5) is 0 Å². The first-order chi connectivity index (χ1) is 11.3. The first kappa shape index (κ1) is 15.8. The molecule has 1 nitrogen and oxygen atoms in total. The molecule has 23 heavy (non-hydrogen) atoms. The van der Waals surface area contributed by atoms with E-state index >= 15 is 0 Å². The van der Waals surface area contributed by atoms with Crippen LogP contribution in [0.2, 0.25) is 5.02 Å². The van der Waals surface area contributed by atoms with Crippen molar-refractivity contribution < 1.29 is 4.74 Å². The molecule has 3 aromatic carbocycles. The van der Waals surface area contributed by atoms with Gasteiger partial charge in [-0.25, -0.2) is 0 Å². The quantitative estimate of drug-likeness (QED) is 0.524. The third kappa shape index (κ3) is 4.69. The van der Waals surface area contributed by atoms with Gasteiger partial charge in [0.25, 0.3) is 0 Å². The summed E-state index contributed by atoms with van der Waals surface area (Å²) in [6.45, 7) is 1.33. The summed E-state index contributed by atoms with van der Waals surface area (Å²) in [5.74, 6) is 0. The highest BCUT2D eigenvalue weighted by Crippen LogP contribution is 2.20. The van der Waals surface area contributed by atoms with Gasteiger partial charge >= 0.3 is 0 Å². The predicted octanol–water partition coefficient (Wildman–Crippen LogP) is 5.77. The van der Waals surface area contributed by atoms with Crippen LogP contribution in [0.25, 0.3) is 11.1 Å². The minimum Gasteiger partial charge on any atom is -0.376 e. The smallest absolute Gasteiger partial charge is 0.0717 e. The van der Waals surface area contributed by atoms with Crippen LogP contribution < -0.4 is 0 Å². The second-order valence-corrected chi connectivity index (χ2v) is 5.93. The molecule has 0 fully saturated rings. The second-order valence-electron chi connectivity index (χ2n) is 5.50. The highest BCUT2D eigenvalue weighted by molar-refractivity contribution is 6.30. The van der Waals surface area contributed by atoms with E-state index in [0.29, 0.717) is 13.2 Å². The van der Waals surface area contributed by atoms with E-state index in [1.54, 1.807) is 0 Å². The Hall–Kier alpha value is -2.09. The molecule has 0 N–H and O–H groups in total. The number of benzene rings is 3. The van der Waals surface area contributed by atoms with Gasteiger partial charge in [0.15, 0.2) is 0 Å². The molecular weight excluding hydrogens is 304 g/mol. The number of hydrogen-bond acceptors (Lipinski definition) is 1. The third-order valence-corrected chi connectivity index (χ3v) is 4.00. The van der Waals surface area contributed by atoms with Crippen LogP contribution >= 0.6 is 11.6 Å². The molecule has 2 heteroatoms. The largest absolute Gasteiger partial charge is 0.376 e. The van der Waals surface area contributed by atoms with E-state index in [1.165, 1.54) is 16.7 Å². The molecule has 0 bridgehead atoms. The van der Waals surface area contributed by atoms with Crippen molar-refractivity contribution in [2.45, 2.75) is 13.0 Å². The van der Waals surface area contributed by atoms with Crippen molar-refractivity contribution >= 4 is 11.6 Å². The summed E-state index contributed by atoms with van der Waals surface area (Å²) >= 11 is 5.88. The van der Waals surface area contributed by atoms with Crippen molar-refractivity contribution in [3.63, 3.8) is 0 Å². The van der Waals surface area contributed by atoms with Gasteiger partial charge in [-0.3, -0.25) is 0 Å². The molecule has 116 valence electrons. The van der Waals surface area contributed by atoms with E-state index in [-0.39, 0.29) is 0 Å². The number of hydrogen-bond donors (Lipinski definition) is 0. The van der Waals surface area contributed by atoms with E-state index in [1.807, 2.05) is 30.3 Å². The van der Waals surface area contributed by atoms with E-state index in [9.17, 15) is 0 Å². The molecule has 0 radical (unpaired) electrons. The van der Waals surface area contributed by atoms with Crippen LogP contribution in [0.5, 0.6) is 0 Å². The number of ether oxygens (including phenoxy) is 1. The Morgan fingerprint density at radius 3 is 2.22 bits per heavy atom. The normalized spacial score (nSPS) is 10.7. The zero-order chi connectivity index (χ0) is 15.9. The standard InChI is InChI=1S/C21H19ClO/c22-21-11-9-18(10-12-21)16-23-14-13-17-5-4-8-20(15-17)19-6-2-1-3-7-19/h1-12,15H,13-14,16H2. The minimum absolute atomic E-state index is 0.621. The lowest BCUT2D eigenvalue weighted by Crippen LogP contribution is -1.99. The fourth-order valence-corrected chi connectivity index (χ4v) is 2.62. The SMILES string of the molecule is Clc1ccc(COCCc2cccc(-c3ccccc3)c2)cc1. The van der Waals surface area contributed by atoms with Gasteiger partial charge in [0.05, 0.1) is 13.2 Å². The van der Waals surface area contributed by atoms with Crippen molar-refractivity contribution in [3.05, 3.63) is 95.0 Å². The molecule has 0 unspecified atom stereocenters. The van der Waals surface area contributed by atoms with Gasteiger partial charge in [-0.15, -0.1) is 0 Å². The van der Waals surface area contributed by atoms with E-state index in [2.05, 4.69) is 48.5 Å². The first-order valence-electron chi connectivity index (χ1n) is 7.78. The highest BCUT2D eigenvalue weighted by atomic mass is 35.5. The highest BCUT2D eigenvalue weighted by Gasteiger charge is 2.00. The van der Waals surface area contributed by atoms with Gasteiger partial charge in [-0.1, -0.05) is 78.3 Å². The van der Waals surface area contributed by atoms with Crippen LogP contribution in [0, 0.1) is 0 Å². The van der Waals surface area contributed by atoms with E-state index in [0.717, 1.165) is 17.0 Å². The first-order valence-corrected chi connectivity index (χ1v) is 8.15. The summed E-state index contributed by atoms with van der Waals surface area (Å²) in [5, 5.41) is 0.756. The summed E-state index contributed by atoms with van der Waals surface area (Å²) in [7, 11) is 0. The Morgan fingerprint density at radius 2 is 1.43 bits per heavy atom. The van der Waals surface area contributed by atoms with Crippen LogP contribution in [0.1, 0.15) is 11.1 Å². The summed E-state index contributed by atoms with van der Waals surface area (Å²) in [6.07, 6.45) is 0.911. The Bertz CT molecular complexity index is 735.